The van der Waals surface area contributed by atoms with Crippen molar-refractivity contribution in [2.45, 2.75) is 13.5 Å². The van der Waals surface area contributed by atoms with Crippen LogP contribution >= 0.6 is 0 Å². The van der Waals surface area contributed by atoms with Gasteiger partial charge in [0.15, 0.2) is 5.65 Å². The molecule has 0 aliphatic carbocycles. The number of esters is 1. The van der Waals surface area contributed by atoms with Crippen LogP contribution in [0.2, 0.25) is 0 Å². The molecule has 0 radical (unpaired) electrons. The molecule has 162 valence electrons. The van der Waals surface area contributed by atoms with Gasteiger partial charge in [0.2, 0.25) is 0 Å². The predicted octanol–water partition coefficient (Wildman–Crippen LogP) is 4.75. The normalized spacial score (nSPS) is 11.0. The summed E-state index contributed by atoms with van der Waals surface area (Å²) in [7, 11) is 0. The Balaban J connectivity index is 1.66. The number of pyridine rings is 3. The maximum Gasteiger partial charge on any atom is 0.302 e. The summed E-state index contributed by atoms with van der Waals surface area (Å²) in [6, 6.07) is 18.0. The topological polar surface area (TPSA) is 82.8 Å². The Bertz CT molecular complexity index is 1430. The molecule has 0 bridgehead atoms. The first-order valence-electron chi connectivity index (χ1n) is 10.2. The van der Waals surface area contributed by atoms with Crippen molar-refractivity contribution in [2.24, 2.45) is 0 Å². The van der Waals surface area contributed by atoms with Crippen LogP contribution < -0.4 is 0 Å². The summed E-state index contributed by atoms with van der Waals surface area (Å²) < 4.78 is 20.4. The highest BCUT2D eigenvalue weighted by Crippen LogP contribution is 2.29. The van der Waals surface area contributed by atoms with Crippen LogP contribution in [0.1, 0.15) is 12.5 Å². The van der Waals surface area contributed by atoms with Crippen molar-refractivity contribution in [3.8, 4) is 28.5 Å². The largest absolute Gasteiger partial charge is 0.461 e. The number of carbonyl (C=O) groups excluding carboxylic acids is 1. The fraction of sp³-hybridized carbons (Fsp3) is 0.0800. The van der Waals surface area contributed by atoms with Gasteiger partial charge >= 0.3 is 5.97 Å². The van der Waals surface area contributed by atoms with Crippen LogP contribution in [-0.2, 0) is 16.1 Å². The van der Waals surface area contributed by atoms with Crippen LogP contribution in [0.5, 0.6) is 0 Å². The molecule has 0 saturated carbocycles. The Hall–Kier alpha value is -4.46. The zero-order valence-electron chi connectivity index (χ0n) is 17.6. The number of rotatable bonds is 5. The van der Waals surface area contributed by atoms with Crippen LogP contribution in [0.25, 0.3) is 39.6 Å². The molecule has 33 heavy (non-hydrogen) atoms. The van der Waals surface area contributed by atoms with Gasteiger partial charge in [-0.15, -0.1) is 0 Å². The smallest absolute Gasteiger partial charge is 0.302 e. The maximum atomic E-state index is 13.3. The van der Waals surface area contributed by atoms with Gasteiger partial charge in [0.05, 0.1) is 17.6 Å². The van der Waals surface area contributed by atoms with Gasteiger partial charge in [-0.3, -0.25) is 19.3 Å². The highest BCUT2D eigenvalue weighted by Gasteiger charge is 2.17. The zero-order chi connectivity index (χ0) is 22.8. The lowest BCUT2D eigenvalue weighted by atomic mass is 10.2. The molecule has 0 atom stereocenters. The summed E-state index contributed by atoms with van der Waals surface area (Å²) in [4.78, 5) is 29.1. The van der Waals surface area contributed by atoms with Gasteiger partial charge in [-0.05, 0) is 54.1 Å². The fourth-order valence-corrected chi connectivity index (χ4v) is 3.49. The van der Waals surface area contributed by atoms with Crippen LogP contribution in [0.15, 0.2) is 79.3 Å². The van der Waals surface area contributed by atoms with E-state index < -0.39 is 5.82 Å². The Kier molecular flexibility index (Phi) is 5.32. The fourth-order valence-electron chi connectivity index (χ4n) is 3.49. The van der Waals surface area contributed by atoms with Crippen molar-refractivity contribution in [3.05, 3.63) is 90.6 Å². The van der Waals surface area contributed by atoms with Gasteiger partial charge in [-0.25, -0.2) is 14.4 Å². The van der Waals surface area contributed by atoms with Gasteiger partial charge in [-0.2, -0.15) is 0 Å². The Morgan fingerprint density at radius 3 is 2.48 bits per heavy atom. The first-order chi connectivity index (χ1) is 16.1. The number of ether oxygens (including phenoxy) is 1. The molecule has 5 aromatic rings. The maximum absolute atomic E-state index is 13.3. The van der Waals surface area contributed by atoms with Crippen molar-refractivity contribution in [1.29, 1.82) is 0 Å². The van der Waals surface area contributed by atoms with E-state index in [1.165, 1.54) is 19.2 Å². The van der Waals surface area contributed by atoms with Crippen molar-refractivity contribution < 1.29 is 13.9 Å². The summed E-state index contributed by atoms with van der Waals surface area (Å²) in [6.45, 7) is 1.58. The van der Waals surface area contributed by atoms with Crippen LogP contribution in [0.3, 0.4) is 0 Å². The minimum atomic E-state index is -0.405. The van der Waals surface area contributed by atoms with Crippen molar-refractivity contribution in [3.63, 3.8) is 0 Å². The highest BCUT2D eigenvalue weighted by molar-refractivity contribution is 5.82. The third-order valence-corrected chi connectivity index (χ3v) is 5.05. The van der Waals surface area contributed by atoms with Crippen LogP contribution in [0, 0.1) is 5.82 Å². The molecule has 1 aromatic carbocycles. The van der Waals surface area contributed by atoms with E-state index in [-0.39, 0.29) is 12.6 Å². The van der Waals surface area contributed by atoms with E-state index in [9.17, 15) is 9.18 Å². The lowest BCUT2D eigenvalue weighted by Crippen LogP contribution is -2.01. The standard InChI is InChI=1S/C25H18FN5O2/c1-16(32)33-15-17-4-7-20(8-5-17)31-24(18-3-2-12-27-13-18)30-23-11-10-22(29-25(23)31)21-9-6-19(26)14-28-21/h2-14H,15H2,1H3. The lowest BCUT2D eigenvalue weighted by Gasteiger charge is -2.10. The number of aromatic nitrogens is 5. The van der Waals surface area contributed by atoms with Crippen molar-refractivity contribution in [2.75, 3.05) is 0 Å². The molecule has 7 nitrogen and oxygen atoms in total. The molecular formula is C25H18FN5O2. The molecular weight excluding hydrogens is 421 g/mol. The number of hydrogen-bond donors (Lipinski definition) is 0. The molecule has 0 aliphatic rings. The molecule has 8 heteroatoms. The summed E-state index contributed by atoms with van der Waals surface area (Å²) in [5.41, 5.74) is 5.03. The van der Waals surface area contributed by atoms with E-state index in [4.69, 9.17) is 14.7 Å². The molecule has 0 N–H and O–H groups in total. The zero-order valence-corrected chi connectivity index (χ0v) is 17.6. The van der Waals surface area contributed by atoms with E-state index in [1.807, 2.05) is 53.1 Å². The molecule has 4 heterocycles. The first kappa shape index (κ1) is 20.4. The monoisotopic (exact) mass is 439 g/mol. The molecule has 0 saturated heterocycles. The average Bonchev–Trinajstić information content (AvgIpc) is 3.23. The minimum absolute atomic E-state index is 0.203. The van der Waals surface area contributed by atoms with Gasteiger partial charge < -0.3 is 4.74 Å². The Morgan fingerprint density at radius 1 is 0.970 bits per heavy atom. The number of fused-ring (bicyclic) bond motifs is 1. The van der Waals surface area contributed by atoms with Crippen molar-refractivity contribution in [1.82, 2.24) is 24.5 Å². The number of halogens is 1. The second-order valence-corrected chi connectivity index (χ2v) is 7.36. The van der Waals surface area contributed by atoms with E-state index in [2.05, 4.69) is 9.97 Å². The Labute approximate surface area is 188 Å². The number of carbonyl (C=O) groups is 1. The number of benzene rings is 1. The second kappa shape index (κ2) is 8.58. The first-order valence-corrected chi connectivity index (χ1v) is 10.2. The molecule has 4 aromatic heterocycles. The molecule has 0 unspecified atom stereocenters. The molecule has 0 amide bonds. The molecule has 0 aliphatic heterocycles. The SMILES string of the molecule is CC(=O)OCc1ccc(-n2c(-c3cccnc3)nc3ccc(-c4ccc(F)cn4)nc32)cc1. The third kappa shape index (κ3) is 4.18. The highest BCUT2D eigenvalue weighted by atomic mass is 19.1. The summed E-state index contributed by atoms with van der Waals surface area (Å²) in [5, 5.41) is 0. The number of nitrogens with zero attached hydrogens (tertiary/aromatic N) is 5. The van der Waals surface area contributed by atoms with Gasteiger partial charge in [0.1, 0.15) is 23.8 Å². The van der Waals surface area contributed by atoms with E-state index in [1.54, 1.807) is 18.5 Å². The average molecular weight is 439 g/mol. The molecule has 0 spiro atoms. The number of hydrogen-bond acceptors (Lipinski definition) is 6. The van der Waals surface area contributed by atoms with Gasteiger partial charge in [0, 0.05) is 30.6 Å². The summed E-state index contributed by atoms with van der Waals surface area (Å²) in [6.07, 6.45) is 4.62. The third-order valence-electron chi connectivity index (χ3n) is 5.05. The Morgan fingerprint density at radius 2 is 1.79 bits per heavy atom. The summed E-state index contributed by atoms with van der Waals surface area (Å²) in [5.74, 6) is -0.0511. The molecule has 5 rings (SSSR count). The number of imidazole rings is 1. The lowest BCUT2D eigenvalue weighted by molar-refractivity contribution is -0.142. The van der Waals surface area contributed by atoms with E-state index in [0.29, 0.717) is 28.4 Å². The minimum Gasteiger partial charge on any atom is -0.461 e. The van der Waals surface area contributed by atoms with E-state index in [0.717, 1.165) is 16.8 Å². The molecule has 0 fully saturated rings. The van der Waals surface area contributed by atoms with Crippen molar-refractivity contribution >= 4 is 17.1 Å². The predicted molar refractivity (Wildman–Crippen MR) is 121 cm³/mol. The van der Waals surface area contributed by atoms with Crippen LogP contribution in [-0.4, -0.2) is 30.5 Å². The van der Waals surface area contributed by atoms with Crippen LogP contribution in [0.4, 0.5) is 4.39 Å². The summed E-state index contributed by atoms with van der Waals surface area (Å²) >= 11 is 0. The van der Waals surface area contributed by atoms with Gasteiger partial charge in [-0.1, -0.05) is 12.1 Å². The quantitative estimate of drug-likeness (QED) is 0.368. The van der Waals surface area contributed by atoms with E-state index >= 15 is 0 Å². The second-order valence-electron chi connectivity index (χ2n) is 7.36. The van der Waals surface area contributed by atoms with Gasteiger partial charge in [0.25, 0.3) is 0 Å².